The maximum Gasteiger partial charge on any atom is 0.251 e. The van der Waals surface area contributed by atoms with E-state index in [-0.39, 0.29) is 11.8 Å². The molecule has 1 N–H and O–H groups in total. The van der Waals surface area contributed by atoms with E-state index < -0.39 is 0 Å². The third kappa shape index (κ3) is 8.62. The molecule has 7 nitrogen and oxygen atoms in total. The fourth-order valence-electron chi connectivity index (χ4n) is 5.87. The quantitative estimate of drug-likeness (QED) is 0.107. The highest BCUT2D eigenvalue weighted by atomic mass is 16.5. The predicted molar refractivity (Wildman–Crippen MR) is 179 cm³/mol. The van der Waals surface area contributed by atoms with Crippen LogP contribution in [0.4, 0.5) is 5.69 Å². The number of rotatable bonds is 17. The van der Waals surface area contributed by atoms with Crippen molar-refractivity contribution in [2.24, 2.45) is 0 Å². The Morgan fingerprint density at radius 3 is 2.25 bits per heavy atom. The molecule has 1 aliphatic rings. The van der Waals surface area contributed by atoms with Crippen LogP contribution in [0.2, 0.25) is 0 Å². The van der Waals surface area contributed by atoms with Gasteiger partial charge in [0.05, 0.1) is 40.5 Å². The molecular weight excluding hydrogens is 550 g/mol. The lowest BCUT2D eigenvalue weighted by Crippen LogP contribution is -2.44. The average molecular weight is 603 g/mol. The molecule has 1 aliphatic heterocycles. The van der Waals surface area contributed by atoms with Crippen molar-refractivity contribution in [2.75, 3.05) is 78.1 Å². The number of hydrogen-bond acceptors (Lipinski definition) is 5. The van der Waals surface area contributed by atoms with Crippen molar-refractivity contribution in [3.05, 3.63) is 88.5 Å². The Morgan fingerprint density at radius 1 is 0.841 bits per heavy atom. The molecule has 44 heavy (non-hydrogen) atoms. The lowest BCUT2D eigenvalue weighted by Gasteiger charge is -2.31. The molecule has 0 saturated heterocycles. The van der Waals surface area contributed by atoms with E-state index in [9.17, 15) is 4.79 Å². The van der Waals surface area contributed by atoms with Gasteiger partial charge in [0, 0.05) is 67.0 Å². The number of ether oxygens (including phenoxy) is 3. The molecule has 0 fully saturated rings. The summed E-state index contributed by atoms with van der Waals surface area (Å²) in [5, 5.41) is 3.21. The second kappa shape index (κ2) is 16.1. The minimum Gasteiger partial charge on any atom is -0.457 e. The monoisotopic (exact) mass is 602 g/mol. The number of carbonyl (C=O) groups excluding carboxylic acids is 1. The number of hydrogen-bond donors (Lipinski definition) is 1. The highest BCUT2D eigenvalue weighted by molar-refractivity contribution is 5.96. The number of aryl methyl sites for hydroxylation is 1. The lowest BCUT2D eigenvalue weighted by molar-refractivity contribution is -0.890. The molecular formula is C37H52N3O4+. The average Bonchev–Trinajstić information content (AvgIpc) is 3.02. The van der Waals surface area contributed by atoms with E-state index in [0.717, 1.165) is 89.6 Å². The first-order valence-corrected chi connectivity index (χ1v) is 16.3. The first-order valence-electron chi connectivity index (χ1n) is 16.3. The van der Waals surface area contributed by atoms with E-state index in [1.54, 1.807) is 0 Å². The minimum absolute atomic E-state index is 0.0391. The molecule has 1 unspecified atom stereocenters. The number of benzene rings is 3. The van der Waals surface area contributed by atoms with Gasteiger partial charge in [-0.25, -0.2) is 0 Å². The molecule has 0 bridgehead atoms. The molecule has 0 saturated carbocycles. The second-order valence-corrected chi connectivity index (χ2v) is 12.3. The topological polar surface area (TPSA) is 60.0 Å². The minimum atomic E-state index is -0.106. The van der Waals surface area contributed by atoms with E-state index in [2.05, 4.69) is 94.5 Å². The first-order chi connectivity index (χ1) is 21.3. The number of fused-ring (bicyclic) bond motifs is 2. The fraction of sp³-hybridized carbons (Fsp3) is 0.486. The van der Waals surface area contributed by atoms with Crippen molar-refractivity contribution in [1.29, 1.82) is 0 Å². The van der Waals surface area contributed by atoms with Crippen LogP contribution < -0.4 is 15.0 Å². The van der Waals surface area contributed by atoms with Gasteiger partial charge in [0.25, 0.3) is 5.91 Å². The summed E-state index contributed by atoms with van der Waals surface area (Å²) in [4.78, 5) is 16.0. The summed E-state index contributed by atoms with van der Waals surface area (Å²) in [5.41, 5.74) is 6.14. The summed E-state index contributed by atoms with van der Waals surface area (Å²) in [7, 11) is 4.42. The number of amides is 1. The van der Waals surface area contributed by atoms with Crippen LogP contribution in [0.3, 0.4) is 0 Å². The third-order valence-corrected chi connectivity index (χ3v) is 8.44. The van der Waals surface area contributed by atoms with E-state index in [4.69, 9.17) is 14.2 Å². The molecule has 1 atom stereocenters. The van der Waals surface area contributed by atoms with E-state index in [1.165, 1.54) is 0 Å². The summed E-state index contributed by atoms with van der Waals surface area (Å²) >= 11 is 0. The van der Waals surface area contributed by atoms with Crippen LogP contribution in [-0.4, -0.2) is 83.6 Å². The van der Waals surface area contributed by atoms with Gasteiger partial charge < -0.3 is 28.9 Å². The number of nitrogens with zero attached hydrogens (tertiary/aromatic N) is 2. The van der Waals surface area contributed by atoms with Gasteiger partial charge in [-0.05, 0) is 56.5 Å². The zero-order valence-corrected chi connectivity index (χ0v) is 27.7. The zero-order valence-electron chi connectivity index (χ0n) is 27.7. The Bertz CT molecular complexity index is 1370. The number of anilines is 1. The maximum atomic E-state index is 13.7. The SMILES string of the molecule is CCCOCCOCC[N+](C)(C)CCCNC(=O)c1ccccc1C1c2ccc(C)cc2Oc2cc(N(CC)CC)ccc21. The standard InChI is InChI=1S/C37H51N3O4/c1-7-22-42-24-25-43-23-21-40(5,6)20-12-19-38-37(41)31-14-11-10-13-30(31)36-32-17-15-28(4)26-34(32)44-35-27-29(16-18-33(35)36)39(8-2)9-3/h10-11,13-18,26-27,36H,7-9,12,19-25H2,1-6H3/p+1. The molecule has 0 aliphatic carbocycles. The molecule has 1 amide bonds. The van der Waals surface area contributed by atoms with Crippen LogP contribution >= 0.6 is 0 Å². The largest absolute Gasteiger partial charge is 0.457 e. The van der Waals surface area contributed by atoms with Crippen molar-refractivity contribution < 1.29 is 23.5 Å². The highest BCUT2D eigenvalue weighted by Crippen LogP contribution is 2.49. The molecule has 238 valence electrons. The Balaban J connectivity index is 1.45. The smallest absolute Gasteiger partial charge is 0.251 e. The number of quaternary nitrogens is 1. The Hall–Kier alpha value is -3.39. The summed E-state index contributed by atoms with van der Waals surface area (Å²) in [6.45, 7) is 15.6. The highest BCUT2D eigenvalue weighted by Gasteiger charge is 2.32. The van der Waals surface area contributed by atoms with Crippen LogP contribution in [-0.2, 0) is 9.47 Å². The van der Waals surface area contributed by atoms with Crippen molar-refractivity contribution in [2.45, 2.75) is 46.5 Å². The van der Waals surface area contributed by atoms with E-state index in [0.29, 0.717) is 31.9 Å². The number of nitrogens with one attached hydrogen (secondary N) is 1. The molecule has 0 radical (unpaired) electrons. The lowest BCUT2D eigenvalue weighted by atomic mass is 9.80. The zero-order chi connectivity index (χ0) is 31.5. The normalized spacial score (nSPS) is 14.0. The first kappa shape index (κ1) is 33.5. The molecule has 3 aromatic carbocycles. The van der Waals surface area contributed by atoms with Gasteiger partial charge in [-0.1, -0.05) is 43.3 Å². The summed E-state index contributed by atoms with van der Waals surface area (Å²) in [6, 6.07) is 20.9. The van der Waals surface area contributed by atoms with Crippen LogP contribution in [0.1, 0.15) is 72.1 Å². The van der Waals surface area contributed by atoms with Crippen molar-refractivity contribution >= 4 is 11.6 Å². The summed E-state index contributed by atoms with van der Waals surface area (Å²) < 4.78 is 18.6. The number of likely N-dealkylation sites (N-methyl/N-ethyl adjacent to an activating group) is 1. The third-order valence-electron chi connectivity index (χ3n) is 8.44. The summed E-state index contributed by atoms with van der Waals surface area (Å²) in [6.07, 6.45) is 1.91. The van der Waals surface area contributed by atoms with Crippen molar-refractivity contribution in [3.8, 4) is 11.5 Å². The van der Waals surface area contributed by atoms with Crippen molar-refractivity contribution in [3.63, 3.8) is 0 Å². The van der Waals surface area contributed by atoms with Gasteiger partial charge in [0.2, 0.25) is 0 Å². The Labute approximate surface area is 264 Å². The second-order valence-electron chi connectivity index (χ2n) is 12.3. The fourth-order valence-corrected chi connectivity index (χ4v) is 5.87. The molecule has 1 heterocycles. The van der Waals surface area contributed by atoms with Crippen LogP contribution in [0.25, 0.3) is 0 Å². The number of carbonyl (C=O) groups is 1. The Morgan fingerprint density at radius 2 is 1.52 bits per heavy atom. The van der Waals surface area contributed by atoms with Gasteiger partial charge in [-0.3, -0.25) is 4.79 Å². The molecule has 0 aromatic heterocycles. The van der Waals surface area contributed by atoms with Gasteiger partial charge in [-0.15, -0.1) is 0 Å². The van der Waals surface area contributed by atoms with Crippen LogP contribution in [0, 0.1) is 6.92 Å². The van der Waals surface area contributed by atoms with Crippen molar-refractivity contribution in [1.82, 2.24) is 5.32 Å². The molecule has 0 spiro atoms. The van der Waals surface area contributed by atoms with Crippen LogP contribution in [0.15, 0.2) is 60.7 Å². The Kier molecular flexibility index (Phi) is 12.2. The molecule has 3 aromatic rings. The molecule has 7 heteroatoms. The summed E-state index contributed by atoms with van der Waals surface area (Å²) in [5.74, 6) is 1.56. The van der Waals surface area contributed by atoms with Gasteiger partial charge >= 0.3 is 0 Å². The van der Waals surface area contributed by atoms with Crippen LogP contribution in [0.5, 0.6) is 11.5 Å². The van der Waals surface area contributed by atoms with E-state index >= 15 is 0 Å². The molecule has 4 rings (SSSR count). The predicted octanol–water partition coefficient (Wildman–Crippen LogP) is 6.77. The van der Waals surface area contributed by atoms with Gasteiger partial charge in [-0.2, -0.15) is 0 Å². The maximum absolute atomic E-state index is 13.7. The van der Waals surface area contributed by atoms with Gasteiger partial charge in [0.1, 0.15) is 18.0 Å². The van der Waals surface area contributed by atoms with E-state index in [1.807, 2.05) is 18.2 Å². The van der Waals surface area contributed by atoms with Gasteiger partial charge in [0.15, 0.2) is 0 Å².